The Bertz CT molecular complexity index is 618. The lowest BCUT2D eigenvalue weighted by Crippen LogP contribution is -2.38. The normalized spacial score (nSPS) is 11.5. The van der Waals surface area contributed by atoms with Crippen molar-refractivity contribution in [1.82, 2.24) is 20.4 Å². The molecule has 1 aromatic carbocycles. The summed E-state index contributed by atoms with van der Waals surface area (Å²) >= 11 is 0. The number of benzene rings is 1. The molecule has 1 heterocycles. The van der Waals surface area contributed by atoms with E-state index in [1.807, 2.05) is 24.1 Å². The first-order valence-electron chi connectivity index (χ1n) is 7.84. The van der Waals surface area contributed by atoms with Crippen LogP contribution in [-0.2, 0) is 19.9 Å². The molecule has 0 saturated carbocycles. The molecule has 0 saturated heterocycles. The predicted molar refractivity (Wildman–Crippen MR) is 91.0 cm³/mol. The molecule has 124 valence electrons. The second kappa shape index (κ2) is 8.92. The van der Waals surface area contributed by atoms with Crippen molar-refractivity contribution in [1.29, 1.82) is 0 Å². The average molecular weight is 317 g/mol. The maximum absolute atomic E-state index is 12.8. The Labute approximate surface area is 136 Å². The first-order chi connectivity index (χ1) is 11.2. The zero-order valence-electron chi connectivity index (χ0n) is 13.7. The molecule has 2 N–H and O–H groups in total. The summed E-state index contributed by atoms with van der Waals surface area (Å²) in [5.74, 6) is 0.589. The zero-order chi connectivity index (χ0) is 16.5. The molecule has 0 aliphatic heterocycles. The molecule has 0 fully saturated rings. The lowest BCUT2D eigenvalue weighted by Gasteiger charge is -2.11. The van der Waals surface area contributed by atoms with Crippen LogP contribution in [0.25, 0.3) is 0 Å². The standard InChI is InChI=1S/C17H24FN5/c1-19-17(20-10-3-4-15-12-22-23(2)13-15)21-11-9-14-5-7-16(18)8-6-14/h5-8,12-13H,3-4,9-11H2,1-2H3,(H2,19,20,21). The molecule has 0 unspecified atom stereocenters. The van der Waals surface area contributed by atoms with Gasteiger partial charge in [0, 0.05) is 33.4 Å². The summed E-state index contributed by atoms with van der Waals surface area (Å²) in [5, 5.41) is 10.7. The van der Waals surface area contributed by atoms with Crippen LogP contribution in [0.3, 0.4) is 0 Å². The van der Waals surface area contributed by atoms with Crippen LogP contribution in [0.4, 0.5) is 4.39 Å². The predicted octanol–water partition coefficient (Wildman–Crippen LogP) is 1.90. The fourth-order valence-electron chi connectivity index (χ4n) is 2.30. The molecule has 1 aromatic heterocycles. The number of hydrogen-bond acceptors (Lipinski definition) is 2. The summed E-state index contributed by atoms with van der Waals surface area (Å²) < 4.78 is 14.7. The van der Waals surface area contributed by atoms with Gasteiger partial charge in [0.2, 0.25) is 0 Å². The first kappa shape index (κ1) is 17.0. The minimum Gasteiger partial charge on any atom is -0.356 e. The van der Waals surface area contributed by atoms with Gasteiger partial charge in [0.15, 0.2) is 5.96 Å². The van der Waals surface area contributed by atoms with Gasteiger partial charge in [-0.2, -0.15) is 5.10 Å². The van der Waals surface area contributed by atoms with Crippen molar-refractivity contribution < 1.29 is 4.39 Å². The van der Waals surface area contributed by atoms with Crippen LogP contribution in [0.1, 0.15) is 17.5 Å². The van der Waals surface area contributed by atoms with Gasteiger partial charge in [-0.3, -0.25) is 9.67 Å². The third-order valence-electron chi connectivity index (χ3n) is 3.54. The Morgan fingerprint density at radius 1 is 1.13 bits per heavy atom. The highest BCUT2D eigenvalue weighted by molar-refractivity contribution is 5.79. The summed E-state index contributed by atoms with van der Waals surface area (Å²) in [5.41, 5.74) is 2.35. The van der Waals surface area contributed by atoms with Gasteiger partial charge in [-0.15, -0.1) is 0 Å². The van der Waals surface area contributed by atoms with E-state index in [1.165, 1.54) is 17.7 Å². The summed E-state index contributed by atoms with van der Waals surface area (Å²) in [6.45, 7) is 1.61. The molecule has 6 heteroatoms. The van der Waals surface area contributed by atoms with E-state index in [-0.39, 0.29) is 5.82 Å². The number of guanidine groups is 1. The van der Waals surface area contributed by atoms with Gasteiger partial charge in [-0.1, -0.05) is 12.1 Å². The molecule has 0 bridgehead atoms. The number of aromatic nitrogens is 2. The van der Waals surface area contributed by atoms with E-state index in [0.717, 1.165) is 43.9 Å². The first-order valence-corrected chi connectivity index (χ1v) is 7.84. The van der Waals surface area contributed by atoms with Crippen molar-refractivity contribution in [3.05, 3.63) is 53.6 Å². The minimum atomic E-state index is -0.201. The molecule has 0 aliphatic carbocycles. The van der Waals surface area contributed by atoms with Crippen LogP contribution >= 0.6 is 0 Å². The Balaban J connectivity index is 1.62. The molecular formula is C17H24FN5. The molecule has 0 aliphatic rings. The number of nitrogens with zero attached hydrogens (tertiary/aromatic N) is 3. The second-order valence-electron chi connectivity index (χ2n) is 5.43. The molecule has 0 atom stereocenters. The average Bonchev–Trinajstić information content (AvgIpc) is 2.97. The van der Waals surface area contributed by atoms with Crippen LogP contribution in [0, 0.1) is 5.82 Å². The number of nitrogens with one attached hydrogen (secondary N) is 2. The van der Waals surface area contributed by atoms with Crippen molar-refractivity contribution in [3.63, 3.8) is 0 Å². The van der Waals surface area contributed by atoms with Crippen LogP contribution in [0.5, 0.6) is 0 Å². The minimum absolute atomic E-state index is 0.201. The summed E-state index contributed by atoms with van der Waals surface area (Å²) in [4.78, 5) is 4.20. The van der Waals surface area contributed by atoms with Gasteiger partial charge in [0.05, 0.1) is 6.20 Å². The van der Waals surface area contributed by atoms with E-state index in [2.05, 4.69) is 20.7 Å². The fourth-order valence-corrected chi connectivity index (χ4v) is 2.30. The fraction of sp³-hybridized carbons (Fsp3) is 0.412. The Kier molecular flexibility index (Phi) is 6.59. The van der Waals surface area contributed by atoms with Crippen molar-refractivity contribution in [2.24, 2.45) is 12.0 Å². The molecule has 2 rings (SSSR count). The lowest BCUT2D eigenvalue weighted by molar-refractivity contribution is 0.626. The summed E-state index contributed by atoms with van der Waals surface area (Å²) in [6.07, 6.45) is 6.78. The Hall–Kier alpha value is -2.37. The van der Waals surface area contributed by atoms with Crippen molar-refractivity contribution in [3.8, 4) is 0 Å². The lowest BCUT2D eigenvalue weighted by atomic mass is 10.1. The summed E-state index contributed by atoms with van der Waals surface area (Å²) in [6, 6.07) is 6.59. The molecule has 2 aromatic rings. The molecule has 5 nitrogen and oxygen atoms in total. The van der Waals surface area contributed by atoms with E-state index in [9.17, 15) is 4.39 Å². The van der Waals surface area contributed by atoms with Crippen LogP contribution in [-0.4, -0.2) is 35.9 Å². The third kappa shape index (κ3) is 6.10. The maximum atomic E-state index is 12.8. The molecular weight excluding hydrogens is 293 g/mol. The second-order valence-corrected chi connectivity index (χ2v) is 5.43. The van der Waals surface area contributed by atoms with Crippen LogP contribution in [0.2, 0.25) is 0 Å². The Morgan fingerprint density at radius 2 is 1.87 bits per heavy atom. The SMILES string of the molecule is CN=C(NCCCc1cnn(C)c1)NCCc1ccc(F)cc1. The van der Waals surface area contributed by atoms with Gasteiger partial charge < -0.3 is 10.6 Å². The smallest absolute Gasteiger partial charge is 0.190 e. The highest BCUT2D eigenvalue weighted by Gasteiger charge is 2.00. The number of halogens is 1. The van der Waals surface area contributed by atoms with E-state index < -0.39 is 0 Å². The van der Waals surface area contributed by atoms with Crippen LogP contribution < -0.4 is 10.6 Å². The maximum Gasteiger partial charge on any atom is 0.190 e. The van der Waals surface area contributed by atoms with E-state index in [0.29, 0.717) is 0 Å². The van der Waals surface area contributed by atoms with Crippen molar-refractivity contribution in [2.75, 3.05) is 20.1 Å². The van der Waals surface area contributed by atoms with E-state index in [1.54, 1.807) is 19.2 Å². The number of rotatable bonds is 7. The van der Waals surface area contributed by atoms with Crippen molar-refractivity contribution in [2.45, 2.75) is 19.3 Å². The molecule has 0 amide bonds. The van der Waals surface area contributed by atoms with Gasteiger partial charge >= 0.3 is 0 Å². The highest BCUT2D eigenvalue weighted by atomic mass is 19.1. The topological polar surface area (TPSA) is 54.2 Å². The summed E-state index contributed by atoms with van der Waals surface area (Å²) in [7, 11) is 3.68. The Morgan fingerprint density at radius 3 is 2.52 bits per heavy atom. The van der Waals surface area contributed by atoms with E-state index >= 15 is 0 Å². The van der Waals surface area contributed by atoms with Gasteiger partial charge in [-0.05, 0) is 42.5 Å². The molecule has 0 radical (unpaired) electrons. The van der Waals surface area contributed by atoms with Gasteiger partial charge in [-0.25, -0.2) is 4.39 Å². The molecule has 23 heavy (non-hydrogen) atoms. The van der Waals surface area contributed by atoms with Crippen molar-refractivity contribution >= 4 is 5.96 Å². The van der Waals surface area contributed by atoms with E-state index in [4.69, 9.17) is 0 Å². The highest BCUT2D eigenvalue weighted by Crippen LogP contribution is 2.02. The zero-order valence-corrected chi connectivity index (χ0v) is 13.7. The number of aryl methyl sites for hydroxylation is 2. The number of aliphatic imine (C=N–C) groups is 1. The monoisotopic (exact) mass is 317 g/mol. The largest absolute Gasteiger partial charge is 0.356 e. The molecule has 0 spiro atoms. The van der Waals surface area contributed by atoms with Gasteiger partial charge in [0.25, 0.3) is 0 Å². The number of hydrogen-bond donors (Lipinski definition) is 2. The third-order valence-corrected chi connectivity index (χ3v) is 3.54. The van der Waals surface area contributed by atoms with Gasteiger partial charge in [0.1, 0.15) is 5.82 Å². The quantitative estimate of drug-likeness (QED) is 0.466. The van der Waals surface area contributed by atoms with Crippen LogP contribution in [0.15, 0.2) is 41.7 Å².